The van der Waals surface area contributed by atoms with Crippen molar-refractivity contribution in [3.05, 3.63) is 57.2 Å². The third-order valence-corrected chi connectivity index (χ3v) is 5.25. The number of oxazole rings is 1. The molecule has 0 radical (unpaired) electrons. The van der Waals surface area contributed by atoms with E-state index < -0.39 is 5.76 Å². The average Bonchev–Trinajstić information content (AvgIpc) is 3.27. The number of hydrogen-bond acceptors (Lipinski definition) is 5. The van der Waals surface area contributed by atoms with Gasteiger partial charge < -0.3 is 9.73 Å². The van der Waals surface area contributed by atoms with Crippen molar-refractivity contribution in [1.29, 1.82) is 0 Å². The SMILES string of the molecule is CCN(CC)C(CNC(=O)Cn1c(=O)oc2ccccc21)c1ccsc1. The summed E-state index contributed by atoms with van der Waals surface area (Å²) in [6.07, 6.45) is 0. The molecule has 6 nitrogen and oxygen atoms in total. The van der Waals surface area contributed by atoms with Gasteiger partial charge in [-0.3, -0.25) is 14.3 Å². The number of amides is 1. The molecule has 1 atom stereocenters. The van der Waals surface area contributed by atoms with Gasteiger partial charge in [-0.1, -0.05) is 26.0 Å². The van der Waals surface area contributed by atoms with E-state index in [-0.39, 0.29) is 18.5 Å². The molecule has 1 amide bonds. The van der Waals surface area contributed by atoms with Gasteiger partial charge in [-0.05, 0) is 47.6 Å². The van der Waals surface area contributed by atoms with Crippen LogP contribution in [-0.4, -0.2) is 35.0 Å². The van der Waals surface area contributed by atoms with Crippen molar-refractivity contribution >= 4 is 28.3 Å². The molecule has 2 heterocycles. The number of thiophene rings is 1. The van der Waals surface area contributed by atoms with E-state index in [1.807, 2.05) is 11.4 Å². The van der Waals surface area contributed by atoms with Crippen LogP contribution in [0.2, 0.25) is 0 Å². The summed E-state index contributed by atoms with van der Waals surface area (Å²) in [5.41, 5.74) is 2.32. The second-order valence-corrected chi connectivity index (χ2v) is 6.80. The van der Waals surface area contributed by atoms with Crippen LogP contribution < -0.4 is 11.1 Å². The first-order chi connectivity index (χ1) is 12.6. The Labute approximate surface area is 156 Å². The zero-order chi connectivity index (χ0) is 18.5. The lowest BCUT2D eigenvalue weighted by molar-refractivity contribution is -0.122. The number of nitrogens with zero attached hydrogens (tertiary/aromatic N) is 2. The number of benzene rings is 1. The number of rotatable bonds is 8. The zero-order valence-corrected chi connectivity index (χ0v) is 15.8. The molecule has 0 aliphatic rings. The molecule has 3 rings (SSSR count). The Balaban J connectivity index is 1.70. The number of para-hydroxylation sites is 2. The van der Waals surface area contributed by atoms with Gasteiger partial charge in [-0.2, -0.15) is 11.3 Å². The van der Waals surface area contributed by atoms with E-state index in [9.17, 15) is 9.59 Å². The van der Waals surface area contributed by atoms with Gasteiger partial charge in [-0.25, -0.2) is 4.79 Å². The summed E-state index contributed by atoms with van der Waals surface area (Å²) in [5, 5.41) is 7.13. The molecule has 0 saturated carbocycles. The fraction of sp³-hybridized carbons (Fsp3) is 0.368. The lowest BCUT2D eigenvalue weighted by Gasteiger charge is -2.29. The van der Waals surface area contributed by atoms with Gasteiger partial charge in [0.15, 0.2) is 5.58 Å². The molecule has 0 spiro atoms. The zero-order valence-electron chi connectivity index (χ0n) is 15.0. The van der Waals surface area contributed by atoms with Crippen LogP contribution in [0.25, 0.3) is 11.1 Å². The third-order valence-electron chi connectivity index (χ3n) is 4.55. The molecule has 26 heavy (non-hydrogen) atoms. The minimum absolute atomic E-state index is 0.0511. The summed E-state index contributed by atoms with van der Waals surface area (Å²) >= 11 is 1.65. The van der Waals surface area contributed by atoms with E-state index in [2.05, 4.69) is 35.5 Å². The Morgan fingerprint density at radius 3 is 2.73 bits per heavy atom. The minimum Gasteiger partial charge on any atom is -0.408 e. The molecule has 7 heteroatoms. The average molecular weight is 373 g/mol. The summed E-state index contributed by atoms with van der Waals surface area (Å²) < 4.78 is 6.54. The van der Waals surface area contributed by atoms with Gasteiger partial charge in [0.05, 0.1) is 11.6 Å². The fourth-order valence-electron chi connectivity index (χ4n) is 3.16. The van der Waals surface area contributed by atoms with Crippen LogP contribution in [0.1, 0.15) is 25.5 Å². The molecule has 138 valence electrons. The largest absolute Gasteiger partial charge is 0.420 e. The van der Waals surface area contributed by atoms with E-state index in [0.29, 0.717) is 17.6 Å². The lowest BCUT2D eigenvalue weighted by atomic mass is 10.1. The second kappa shape index (κ2) is 8.33. The van der Waals surface area contributed by atoms with Crippen molar-refractivity contribution in [3.8, 4) is 0 Å². The number of likely N-dealkylation sites (N-methyl/N-ethyl adjacent to an activating group) is 1. The molecule has 0 saturated heterocycles. The van der Waals surface area contributed by atoms with Gasteiger partial charge in [0.1, 0.15) is 6.54 Å². The van der Waals surface area contributed by atoms with Crippen LogP contribution in [0.5, 0.6) is 0 Å². The molecular weight excluding hydrogens is 350 g/mol. The number of nitrogens with one attached hydrogen (secondary N) is 1. The summed E-state index contributed by atoms with van der Waals surface area (Å²) in [6.45, 7) is 6.48. The predicted molar refractivity (Wildman–Crippen MR) is 103 cm³/mol. The highest BCUT2D eigenvalue weighted by molar-refractivity contribution is 7.07. The van der Waals surface area contributed by atoms with Crippen LogP contribution in [0.4, 0.5) is 0 Å². The molecule has 0 fully saturated rings. The van der Waals surface area contributed by atoms with Crippen molar-refractivity contribution in [1.82, 2.24) is 14.8 Å². The number of carbonyl (C=O) groups is 1. The maximum absolute atomic E-state index is 12.5. The number of fused-ring (bicyclic) bond motifs is 1. The number of hydrogen-bond donors (Lipinski definition) is 1. The summed E-state index contributed by atoms with van der Waals surface area (Å²) in [4.78, 5) is 26.8. The highest BCUT2D eigenvalue weighted by atomic mass is 32.1. The molecule has 1 aromatic carbocycles. The first kappa shape index (κ1) is 18.4. The fourth-order valence-corrected chi connectivity index (χ4v) is 3.87. The first-order valence-electron chi connectivity index (χ1n) is 8.75. The van der Waals surface area contributed by atoms with Crippen LogP contribution >= 0.6 is 11.3 Å². The minimum atomic E-state index is -0.514. The smallest absolute Gasteiger partial charge is 0.408 e. The van der Waals surface area contributed by atoms with Gasteiger partial charge in [0, 0.05) is 6.54 Å². The van der Waals surface area contributed by atoms with Crippen molar-refractivity contribution in [2.24, 2.45) is 0 Å². The van der Waals surface area contributed by atoms with Gasteiger partial charge in [-0.15, -0.1) is 0 Å². The monoisotopic (exact) mass is 373 g/mol. The van der Waals surface area contributed by atoms with E-state index in [1.54, 1.807) is 29.5 Å². The molecule has 3 aromatic rings. The van der Waals surface area contributed by atoms with E-state index in [0.717, 1.165) is 13.1 Å². The maximum Gasteiger partial charge on any atom is 0.420 e. The summed E-state index contributed by atoms with van der Waals surface area (Å²) in [7, 11) is 0. The molecule has 1 unspecified atom stereocenters. The standard InChI is InChI=1S/C19H23N3O3S/c1-3-21(4-2)16(14-9-10-26-13-14)11-20-18(23)12-22-15-7-5-6-8-17(15)25-19(22)24/h5-10,13,16H,3-4,11-12H2,1-2H3,(H,20,23). The van der Waals surface area contributed by atoms with E-state index in [1.165, 1.54) is 10.1 Å². The van der Waals surface area contributed by atoms with Crippen molar-refractivity contribution in [2.45, 2.75) is 26.4 Å². The summed E-state index contributed by atoms with van der Waals surface area (Å²) in [5.74, 6) is -0.717. The van der Waals surface area contributed by atoms with Crippen LogP contribution in [0.3, 0.4) is 0 Å². The highest BCUT2D eigenvalue weighted by Gasteiger charge is 2.20. The van der Waals surface area contributed by atoms with Crippen molar-refractivity contribution in [3.63, 3.8) is 0 Å². The van der Waals surface area contributed by atoms with Gasteiger partial charge >= 0.3 is 5.76 Å². The molecule has 1 N–H and O–H groups in total. The molecule has 0 aliphatic carbocycles. The summed E-state index contributed by atoms with van der Waals surface area (Å²) in [6, 6.07) is 9.33. The van der Waals surface area contributed by atoms with Gasteiger partial charge in [0.25, 0.3) is 0 Å². The van der Waals surface area contributed by atoms with Gasteiger partial charge in [0.2, 0.25) is 5.91 Å². The Bertz CT molecular complexity index is 910. The van der Waals surface area contributed by atoms with Crippen LogP contribution in [0.15, 0.2) is 50.3 Å². The first-order valence-corrected chi connectivity index (χ1v) is 9.69. The Morgan fingerprint density at radius 1 is 1.27 bits per heavy atom. The lowest BCUT2D eigenvalue weighted by Crippen LogP contribution is -2.39. The highest BCUT2D eigenvalue weighted by Crippen LogP contribution is 2.22. The molecular formula is C19H23N3O3S. The van der Waals surface area contributed by atoms with Crippen molar-refractivity contribution in [2.75, 3.05) is 19.6 Å². The Hall–Kier alpha value is -2.38. The number of carbonyl (C=O) groups excluding carboxylic acids is 1. The van der Waals surface area contributed by atoms with Crippen molar-refractivity contribution < 1.29 is 9.21 Å². The van der Waals surface area contributed by atoms with Crippen LogP contribution in [-0.2, 0) is 11.3 Å². The predicted octanol–water partition coefficient (Wildman–Crippen LogP) is 2.86. The third kappa shape index (κ3) is 3.89. The second-order valence-electron chi connectivity index (χ2n) is 6.02. The normalized spacial score (nSPS) is 12.6. The van der Waals surface area contributed by atoms with E-state index >= 15 is 0 Å². The Morgan fingerprint density at radius 2 is 2.04 bits per heavy atom. The Kier molecular flexibility index (Phi) is 5.90. The maximum atomic E-state index is 12.5. The van der Waals surface area contributed by atoms with E-state index in [4.69, 9.17) is 4.42 Å². The molecule has 0 bridgehead atoms. The quantitative estimate of drug-likeness (QED) is 0.659. The topological polar surface area (TPSA) is 67.5 Å². The van der Waals surface area contributed by atoms with Crippen LogP contribution in [0, 0.1) is 0 Å². The molecule has 2 aromatic heterocycles. The molecule has 0 aliphatic heterocycles. The number of aromatic nitrogens is 1.